The van der Waals surface area contributed by atoms with Gasteiger partial charge in [-0.2, -0.15) is 5.10 Å². The normalized spacial score (nSPS) is 10.7. The summed E-state index contributed by atoms with van der Waals surface area (Å²) < 4.78 is 0.607. The molecule has 1 aromatic carbocycles. The molecule has 102 valence electrons. The summed E-state index contributed by atoms with van der Waals surface area (Å²) in [5, 5.41) is 14.1. The largest absolute Gasteiger partial charge is 0.506 e. The highest BCUT2D eigenvalue weighted by Crippen LogP contribution is 2.27. The number of carbonyl (C=O) groups excluding carboxylic acids is 1. The van der Waals surface area contributed by atoms with E-state index < -0.39 is 0 Å². The fourth-order valence-corrected chi connectivity index (χ4v) is 2.46. The van der Waals surface area contributed by atoms with E-state index in [1.807, 2.05) is 22.6 Å². The minimum absolute atomic E-state index is 0.0642. The van der Waals surface area contributed by atoms with Crippen LogP contribution in [0.4, 0.5) is 0 Å². The zero-order valence-corrected chi connectivity index (χ0v) is 13.0. The minimum Gasteiger partial charge on any atom is -0.506 e. The van der Waals surface area contributed by atoms with Crippen molar-refractivity contribution in [3.63, 3.8) is 0 Å². The van der Waals surface area contributed by atoms with Crippen LogP contribution in [0.3, 0.4) is 0 Å². The molecule has 0 saturated heterocycles. The number of benzene rings is 1. The zero-order valence-electron chi connectivity index (χ0n) is 10.0. The highest BCUT2D eigenvalue weighted by atomic mass is 127. The van der Waals surface area contributed by atoms with Crippen molar-refractivity contribution in [2.45, 2.75) is 0 Å². The van der Waals surface area contributed by atoms with Crippen molar-refractivity contribution >= 4 is 46.3 Å². The number of amides is 1. The second kappa shape index (κ2) is 6.67. The van der Waals surface area contributed by atoms with Gasteiger partial charge in [-0.15, -0.1) is 0 Å². The molecule has 0 aliphatic carbocycles. The smallest absolute Gasteiger partial charge is 0.272 e. The molecule has 2 aromatic rings. The molecule has 0 fully saturated rings. The molecule has 5 nitrogen and oxygen atoms in total. The third-order valence-electron chi connectivity index (χ3n) is 2.35. The van der Waals surface area contributed by atoms with Crippen LogP contribution in [0.1, 0.15) is 15.9 Å². The summed E-state index contributed by atoms with van der Waals surface area (Å²) in [7, 11) is 0. The Hall–Kier alpha value is -1.67. The molecule has 0 saturated carbocycles. The molecule has 0 radical (unpaired) electrons. The van der Waals surface area contributed by atoms with Crippen molar-refractivity contribution in [3.8, 4) is 5.75 Å². The molecule has 0 unspecified atom stereocenters. The first-order chi connectivity index (χ1) is 9.58. The lowest BCUT2D eigenvalue weighted by Gasteiger charge is -2.03. The van der Waals surface area contributed by atoms with Crippen LogP contribution in [0.5, 0.6) is 5.75 Å². The summed E-state index contributed by atoms with van der Waals surface area (Å²) in [6.45, 7) is 0. The van der Waals surface area contributed by atoms with E-state index in [-0.39, 0.29) is 11.7 Å². The number of nitrogens with zero attached hydrogens (tertiary/aromatic N) is 2. The Balaban J connectivity index is 2.10. The number of phenols is 1. The van der Waals surface area contributed by atoms with E-state index in [9.17, 15) is 9.90 Å². The predicted octanol–water partition coefficient (Wildman–Crippen LogP) is 2.81. The van der Waals surface area contributed by atoms with Gasteiger partial charge in [-0.05, 0) is 46.9 Å². The van der Waals surface area contributed by atoms with Gasteiger partial charge in [0.05, 0.1) is 15.3 Å². The van der Waals surface area contributed by atoms with E-state index in [0.717, 1.165) is 0 Å². The van der Waals surface area contributed by atoms with Crippen LogP contribution >= 0.6 is 34.2 Å². The van der Waals surface area contributed by atoms with Crippen molar-refractivity contribution < 1.29 is 9.90 Å². The van der Waals surface area contributed by atoms with Crippen molar-refractivity contribution in [1.82, 2.24) is 10.4 Å². The van der Waals surface area contributed by atoms with Gasteiger partial charge >= 0.3 is 0 Å². The first kappa shape index (κ1) is 14.7. The fraction of sp³-hybridized carbons (Fsp3) is 0. The Labute approximate surface area is 133 Å². The maximum Gasteiger partial charge on any atom is 0.272 e. The molecule has 2 N–H and O–H groups in total. The Morgan fingerprint density at radius 3 is 3.00 bits per heavy atom. The molecule has 20 heavy (non-hydrogen) atoms. The van der Waals surface area contributed by atoms with Crippen molar-refractivity contribution in [2.24, 2.45) is 5.10 Å². The second-order valence-electron chi connectivity index (χ2n) is 3.77. The zero-order chi connectivity index (χ0) is 14.5. The van der Waals surface area contributed by atoms with Gasteiger partial charge in [0.2, 0.25) is 0 Å². The van der Waals surface area contributed by atoms with Gasteiger partial charge in [-0.25, -0.2) is 5.43 Å². The number of hydrogen-bond acceptors (Lipinski definition) is 4. The number of halogens is 2. The van der Waals surface area contributed by atoms with Crippen LogP contribution in [0.15, 0.2) is 41.8 Å². The lowest BCUT2D eigenvalue weighted by molar-refractivity contribution is 0.0954. The summed E-state index contributed by atoms with van der Waals surface area (Å²) in [5.74, 6) is -0.319. The van der Waals surface area contributed by atoms with Crippen LogP contribution in [-0.2, 0) is 0 Å². The lowest BCUT2D eigenvalue weighted by Crippen LogP contribution is -2.17. The van der Waals surface area contributed by atoms with Gasteiger partial charge in [-0.1, -0.05) is 11.6 Å². The standard InChI is InChI=1S/C13H9ClIN3O2/c14-10-4-9(12(19)11(15)5-10)7-17-18-13(20)8-2-1-3-16-6-8/h1-7,19H,(H,18,20)/b17-7+. The number of pyridine rings is 1. The van der Waals surface area contributed by atoms with Crippen LogP contribution < -0.4 is 5.43 Å². The van der Waals surface area contributed by atoms with Crippen LogP contribution in [0, 0.1) is 3.57 Å². The number of aromatic nitrogens is 1. The summed E-state index contributed by atoms with van der Waals surface area (Å²) in [6.07, 6.45) is 4.34. The molecule has 1 amide bonds. The predicted molar refractivity (Wildman–Crippen MR) is 85.1 cm³/mol. The molecular formula is C13H9ClIN3O2. The number of rotatable bonds is 3. The number of phenolic OH excluding ortho intramolecular Hbond substituents is 1. The molecule has 0 aliphatic rings. The van der Waals surface area contributed by atoms with Gasteiger partial charge < -0.3 is 5.11 Å². The first-order valence-electron chi connectivity index (χ1n) is 5.49. The molecule has 1 heterocycles. The van der Waals surface area contributed by atoms with E-state index >= 15 is 0 Å². The van der Waals surface area contributed by atoms with E-state index in [4.69, 9.17) is 11.6 Å². The van der Waals surface area contributed by atoms with E-state index in [2.05, 4.69) is 15.5 Å². The van der Waals surface area contributed by atoms with Crippen molar-refractivity contribution in [1.29, 1.82) is 0 Å². The number of aromatic hydroxyl groups is 1. The summed E-state index contributed by atoms with van der Waals surface area (Å²) in [6, 6.07) is 6.46. The Morgan fingerprint density at radius 1 is 1.50 bits per heavy atom. The molecule has 2 rings (SSSR count). The molecule has 0 aliphatic heterocycles. The Bertz CT molecular complexity index is 662. The second-order valence-corrected chi connectivity index (χ2v) is 5.36. The van der Waals surface area contributed by atoms with Crippen molar-refractivity contribution in [2.75, 3.05) is 0 Å². The van der Waals surface area contributed by atoms with Gasteiger partial charge in [-0.3, -0.25) is 9.78 Å². The van der Waals surface area contributed by atoms with Gasteiger partial charge in [0.1, 0.15) is 5.75 Å². The van der Waals surface area contributed by atoms with E-state index in [1.54, 1.807) is 30.5 Å². The Morgan fingerprint density at radius 2 is 2.30 bits per heavy atom. The van der Waals surface area contributed by atoms with Crippen LogP contribution in [0.2, 0.25) is 5.02 Å². The topological polar surface area (TPSA) is 74.6 Å². The highest BCUT2D eigenvalue weighted by molar-refractivity contribution is 14.1. The average molecular weight is 402 g/mol. The maximum absolute atomic E-state index is 11.7. The quantitative estimate of drug-likeness (QED) is 0.472. The number of hydrazone groups is 1. The molecular weight excluding hydrogens is 393 g/mol. The molecule has 1 aromatic heterocycles. The fourth-order valence-electron chi connectivity index (χ4n) is 1.41. The Kier molecular flexibility index (Phi) is 4.91. The third kappa shape index (κ3) is 3.67. The SMILES string of the molecule is O=C(N/N=C/c1cc(Cl)cc(I)c1O)c1cccnc1. The van der Waals surface area contributed by atoms with E-state index in [1.165, 1.54) is 12.4 Å². The van der Waals surface area contributed by atoms with Crippen molar-refractivity contribution in [3.05, 3.63) is 56.4 Å². The van der Waals surface area contributed by atoms with Crippen LogP contribution in [0.25, 0.3) is 0 Å². The molecule has 7 heteroatoms. The summed E-state index contributed by atoms with van der Waals surface area (Å²) >= 11 is 7.84. The van der Waals surface area contributed by atoms with Crippen LogP contribution in [-0.4, -0.2) is 22.2 Å². The molecule has 0 atom stereocenters. The molecule has 0 spiro atoms. The monoisotopic (exact) mass is 401 g/mol. The summed E-state index contributed by atoms with van der Waals surface area (Å²) in [5.41, 5.74) is 3.17. The number of nitrogens with one attached hydrogen (secondary N) is 1. The van der Waals surface area contributed by atoms with E-state index in [0.29, 0.717) is 19.7 Å². The maximum atomic E-state index is 11.7. The highest BCUT2D eigenvalue weighted by Gasteiger charge is 2.06. The summed E-state index contributed by atoms with van der Waals surface area (Å²) in [4.78, 5) is 15.5. The molecule has 0 bridgehead atoms. The van der Waals surface area contributed by atoms with Gasteiger partial charge in [0.25, 0.3) is 5.91 Å². The van der Waals surface area contributed by atoms with Gasteiger partial charge in [0, 0.05) is 23.0 Å². The number of carbonyl (C=O) groups is 1. The average Bonchev–Trinajstić information content (AvgIpc) is 2.44. The third-order valence-corrected chi connectivity index (χ3v) is 3.39. The number of hydrogen-bond donors (Lipinski definition) is 2. The lowest BCUT2D eigenvalue weighted by atomic mass is 10.2. The first-order valence-corrected chi connectivity index (χ1v) is 6.95. The minimum atomic E-state index is -0.384. The van der Waals surface area contributed by atoms with Gasteiger partial charge in [0.15, 0.2) is 0 Å².